The molecule has 1 aromatic carbocycles. The topological polar surface area (TPSA) is 66.9 Å². The lowest BCUT2D eigenvalue weighted by Gasteiger charge is -2.32. The smallest absolute Gasteiger partial charge is 0.227 e. The van der Waals surface area contributed by atoms with Gasteiger partial charge in [0.1, 0.15) is 5.75 Å². The van der Waals surface area contributed by atoms with Crippen molar-refractivity contribution >= 4 is 15.9 Å². The Labute approximate surface area is 138 Å². The zero-order chi connectivity index (χ0) is 17.0. The number of benzene rings is 1. The van der Waals surface area contributed by atoms with Gasteiger partial charge in [0.05, 0.1) is 19.3 Å². The number of carbonyl (C=O) groups excluding carboxylic acids is 1. The molecule has 0 radical (unpaired) electrons. The molecule has 1 amide bonds. The van der Waals surface area contributed by atoms with Crippen molar-refractivity contribution in [2.75, 3.05) is 33.5 Å². The van der Waals surface area contributed by atoms with E-state index in [9.17, 15) is 13.2 Å². The molecule has 23 heavy (non-hydrogen) atoms. The lowest BCUT2D eigenvalue weighted by atomic mass is 9.98. The van der Waals surface area contributed by atoms with Crippen LogP contribution in [0, 0.1) is 5.92 Å². The summed E-state index contributed by atoms with van der Waals surface area (Å²) in [6, 6.07) is 7.58. The predicted molar refractivity (Wildman–Crippen MR) is 88.6 cm³/mol. The van der Waals surface area contributed by atoms with Crippen molar-refractivity contribution in [1.29, 1.82) is 0 Å². The summed E-state index contributed by atoms with van der Waals surface area (Å²) in [5.41, 5.74) is 0.982. The Morgan fingerprint density at radius 2 is 2.17 bits per heavy atom. The summed E-state index contributed by atoms with van der Waals surface area (Å²) in [7, 11) is 0.118. The van der Waals surface area contributed by atoms with Crippen molar-refractivity contribution in [2.45, 2.75) is 19.4 Å². The van der Waals surface area contributed by atoms with E-state index in [1.807, 2.05) is 24.3 Å². The monoisotopic (exact) mass is 340 g/mol. The Bertz CT molecular complexity index is 660. The summed E-state index contributed by atoms with van der Waals surface area (Å²) < 4.78 is 29.9. The highest BCUT2D eigenvalue weighted by Gasteiger charge is 2.31. The molecule has 1 heterocycles. The summed E-state index contributed by atoms with van der Waals surface area (Å²) in [6.45, 7) is 1.26. The van der Waals surface area contributed by atoms with E-state index in [0.717, 1.165) is 24.2 Å². The molecule has 128 valence electrons. The van der Waals surface area contributed by atoms with Gasteiger partial charge >= 0.3 is 0 Å². The normalized spacial score (nSPS) is 19.3. The van der Waals surface area contributed by atoms with Crippen molar-refractivity contribution in [3.63, 3.8) is 0 Å². The lowest BCUT2D eigenvalue weighted by Crippen LogP contribution is -2.45. The third-order valence-electron chi connectivity index (χ3n) is 4.13. The van der Waals surface area contributed by atoms with E-state index in [4.69, 9.17) is 4.74 Å². The van der Waals surface area contributed by atoms with Gasteiger partial charge < -0.3 is 9.64 Å². The second-order valence-electron chi connectivity index (χ2n) is 6.01. The van der Waals surface area contributed by atoms with Crippen LogP contribution in [0.5, 0.6) is 5.75 Å². The SMILES string of the molecule is COc1cccc(CN(C)C(=O)[C@@H]2CCCN(S(C)(=O)=O)C2)c1. The Morgan fingerprint density at radius 3 is 2.83 bits per heavy atom. The van der Waals surface area contributed by atoms with Crippen LogP contribution in [0.15, 0.2) is 24.3 Å². The third kappa shape index (κ3) is 4.68. The van der Waals surface area contributed by atoms with E-state index in [-0.39, 0.29) is 18.4 Å². The van der Waals surface area contributed by atoms with Crippen molar-refractivity contribution in [3.8, 4) is 5.75 Å². The zero-order valence-corrected chi connectivity index (χ0v) is 14.7. The maximum absolute atomic E-state index is 12.6. The molecule has 1 aliphatic heterocycles. The summed E-state index contributed by atoms with van der Waals surface area (Å²) in [4.78, 5) is 14.3. The molecule has 1 saturated heterocycles. The lowest BCUT2D eigenvalue weighted by molar-refractivity contribution is -0.135. The van der Waals surface area contributed by atoms with Crippen molar-refractivity contribution < 1.29 is 17.9 Å². The minimum atomic E-state index is -3.24. The first-order chi connectivity index (χ1) is 10.8. The Kier molecular flexibility index (Phi) is 5.64. The molecule has 0 N–H and O–H groups in total. The van der Waals surface area contributed by atoms with Crippen LogP contribution < -0.4 is 4.74 Å². The molecule has 2 rings (SSSR count). The Morgan fingerprint density at radius 1 is 1.43 bits per heavy atom. The van der Waals surface area contributed by atoms with Crippen LogP contribution in [0.25, 0.3) is 0 Å². The molecule has 0 saturated carbocycles. The Balaban J connectivity index is 2.01. The minimum absolute atomic E-state index is 0.0128. The molecule has 0 aromatic heterocycles. The third-order valence-corrected chi connectivity index (χ3v) is 5.40. The number of hydrogen-bond acceptors (Lipinski definition) is 4. The fourth-order valence-corrected chi connectivity index (χ4v) is 3.79. The molecule has 7 heteroatoms. The largest absolute Gasteiger partial charge is 0.497 e. The van der Waals surface area contributed by atoms with Gasteiger partial charge in [0.15, 0.2) is 0 Å². The molecule has 1 aliphatic rings. The van der Waals surface area contributed by atoms with E-state index >= 15 is 0 Å². The van der Waals surface area contributed by atoms with Gasteiger partial charge in [-0.2, -0.15) is 0 Å². The summed E-state index contributed by atoms with van der Waals surface area (Å²) in [6.07, 6.45) is 2.64. The van der Waals surface area contributed by atoms with Crippen LogP contribution >= 0.6 is 0 Å². The Hall–Kier alpha value is -1.60. The van der Waals surface area contributed by atoms with Gasteiger partial charge in [0.2, 0.25) is 15.9 Å². The molecule has 1 atom stereocenters. The van der Waals surface area contributed by atoms with Crippen LogP contribution in [0.2, 0.25) is 0 Å². The molecule has 0 spiro atoms. The number of sulfonamides is 1. The zero-order valence-electron chi connectivity index (χ0n) is 13.9. The molecule has 1 fully saturated rings. The van der Waals surface area contributed by atoms with E-state index in [2.05, 4.69) is 0 Å². The van der Waals surface area contributed by atoms with E-state index in [1.54, 1.807) is 19.1 Å². The molecule has 6 nitrogen and oxygen atoms in total. The van der Waals surface area contributed by atoms with Crippen LogP contribution in [-0.4, -0.2) is 57.0 Å². The number of rotatable bonds is 5. The van der Waals surface area contributed by atoms with Crippen LogP contribution in [0.1, 0.15) is 18.4 Å². The van der Waals surface area contributed by atoms with Gasteiger partial charge in [-0.3, -0.25) is 4.79 Å². The quantitative estimate of drug-likeness (QED) is 0.811. The standard InChI is InChI=1S/C16H24N2O4S/c1-17(11-13-6-4-8-15(10-13)22-2)16(19)14-7-5-9-18(12-14)23(3,20)21/h4,6,8,10,14H,5,7,9,11-12H2,1-3H3/t14-/m1/s1. The van der Waals surface area contributed by atoms with Gasteiger partial charge in [0.25, 0.3) is 0 Å². The van der Waals surface area contributed by atoms with Crippen molar-refractivity contribution in [1.82, 2.24) is 9.21 Å². The maximum atomic E-state index is 12.6. The van der Waals surface area contributed by atoms with Gasteiger partial charge in [-0.25, -0.2) is 12.7 Å². The second-order valence-corrected chi connectivity index (χ2v) is 7.99. The van der Waals surface area contributed by atoms with Crippen molar-refractivity contribution in [3.05, 3.63) is 29.8 Å². The molecule has 0 unspecified atom stereocenters. The molecular weight excluding hydrogens is 316 g/mol. The van der Waals surface area contributed by atoms with Gasteiger partial charge in [-0.05, 0) is 30.5 Å². The minimum Gasteiger partial charge on any atom is -0.497 e. The van der Waals surface area contributed by atoms with Gasteiger partial charge in [-0.1, -0.05) is 12.1 Å². The van der Waals surface area contributed by atoms with Crippen molar-refractivity contribution in [2.24, 2.45) is 5.92 Å². The average Bonchev–Trinajstić information content (AvgIpc) is 2.53. The highest BCUT2D eigenvalue weighted by atomic mass is 32.2. The summed E-state index contributed by atoms with van der Waals surface area (Å²) in [5, 5.41) is 0. The number of ether oxygens (including phenoxy) is 1. The fourth-order valence-electron chi connectivity index (χ4n) is 2.88. The molecule has 0 aliphatic carbocycles. The highest BCUT2D eigenvalue weighted by molar-refractivity contribution is 7.88. The summed E-state index contributed by atoms with van der Waals surface area (Å²) in [5.74, 6) is 0.472. The molecule has 0 bridgehead atoms. The number of amides is 1. The first kappa shape index (κ1) is 17.7. The highest BCUT2D eigenvalue weighted by Crippen LogP contribution is 2.21. The number of nitrogens with zero attached hydrogens (tertiary/aromatic N) is 2. The number of piperidine rings is 1. The van der Waals surface area contributed by atoms with Crippen LogP contribution in [0.4, 0.5) is 0 Å². The maximum Gasteiger partial charge on any atom is 0.227 e. The number of hydrogen-bond donors (Lipinski definition) is 0. The number of methoxy groups -OCH3 is 1. The van der Waals surface area contributed by atoms with E-state index in [1.165, 1.54) is 10.6 Å². The average molecular weight is 340 g/mol. The predicted octanol–water partition coefficient (Wildman–Crippen LogP) is 1.33. The van der Waals surface area contributed by atoms with E-state index in [0.29, 0.717) is 13.1 Å². The van der Waals surface area contributed by atoms with Crippen LogP contribution in [-0.2, 0) is 21.4 Å². The summed E-state index contributed by atoms with van der Waals surface area (Å²) >= 11 is 0. The first-order valence-corrected chi connectivity index (χ1v) is 9.49. The molecular formula is C16H24N2O4S. The van der Waals surface area contributed by atoms with E-state index < -0.39 is 10.0 Å². The first-order valence-electron chi connectivity index (χ1n) is 7.64. The molecule has 1 aromatic rings. The number of carbonyl (C=O) groups is 1. The second kappa shape index (κ2) is 7.31. The van der Waals surface area contributed by atoms with Gasteiger partial charge in [0, 0.05) is 26.7 Å². The van der Waals surface area contributed by atoms with Gasteiger partial charge in [-0.15, -0.1) is 0 Å². The van der Waals surface area contributed by atoms with Crippen LogP contribution in [0.3, 0.4) is 0 Å². The fraction of sp³-hybridized carbons (Fsp3) is 0.562.